The summed E-state index contributed by atoms with van der Waals surface area (Å²) >= 11 is 0. The van der Waals surface area contributed by atoms with Gasteiger partial charge in [0.15, 0.2) is 9.84 Å². The van der Waals surface area contributed by atoms with E-state index in [2.05, 4.69) is 11.1 Å². The summed E-state index contributed by atoms with van der Waals surface area (Å²) in [6.07, 6.45) is 1.18. The van der Waals surface area contributed by atoms with E-state index in [4.69, 9.17) is 5.26 Å². The first-order valence-corrected chi connectivity index (χ1v) is 7.36. The third-order valence-corrected chi connectivity index (χ3v) is 4.57. The van der Waals surface area contributed by atoms with Gasteiger partial charge in [0.1, 0.15) is 22.7 Å². The van der Waals surface area contributed by atoms with Crippen molar-refractivity contribution in [2.24, 2.45) is 7.05 Å². The number of rotatable bonds is 2. The lowest BCUT2D eigenvalue weighted by molar-refractivity contribution is 0.587. The molecule has 1 aromatic heterocycles. The van der Waals surface area contributed by atoms with Crippen LogP contribution in [0, 0.1) is 11.3 Å². The number of benzene rings is 1. The number of aryl methyl sites for hydroxylation is 1. The molecule has 0 saturated carbocycles. The summed E-state index contributed by atoms with van der Waals surface area (Å²) in [6.45, 7) is 1.60. The third kappa shape index (κ3) is 1.87. The van der Waals surface area contributed by atoms with E-state index in [9.17, 15) is 8.42 Å². The average molecular weight is 263 g/mol. The number of hydrogen-bond acceptors (Lipinski definition) is 4. The number of nitriles is 1. The maximum Gasteiger partial charge on any atom is 0.157 e. The van der Waals surface area contributed by atoms with Crippen molar-refractivity contribution in [1.29, 1.82) is 5.26 Å². The van der Waals surface area contributed by atoms with E-state index < -0.39 is 15.1 Å². The molecule has 1 unspecified atom stereocenters. The van der Waals surface area contributed by atoms with Crippen LogP contribution in [-0.4, -0.2) is 24.2 Å². The molecular formula is C12H13N3O2S. The Morgan fingerprint density at radius 2 is 2.11 bits per heavy atom. The van der Waals surface area contributed by atoms with Gasteiger partial charge >= 0.3 is 0 Å². The third-order valence-electron chi connectivity index (χ3n) is 3.07. The molecule has 1 atom stereocenters. The summed E-state index contributed by atoms with van der Waals surface area (Å²) in [7, 11) is -1.45. The van der Waals surface area contributed by atoms with E-state index in [0.29, 0.717) is 16.9 Å². The molecule has 0 radical (unpaired) electrons. The first-order chi connectivity index (χ1) is 8.36. The number of fused-ring (bicyclic) bond motifs is 1. The first kappa shape index (κ1) is 12.6. The van der Waals surface area contributed by atoms with E-state index in [1.54, 1.807) is 30.7 Å². The van der Waals surface area contributed by atoms with Crippen LogP contribution in [0.25, 0.3) is 11.0 Å². The molecule has 0 fully saturated rings. The second-order valence-electron chi connectivity index (χ2n) is 4.29. The van der Waals surface area contributed by atoms with Crippen molar-refractivity contribution in [2.75, 3.05) is 6.26 Å². The molecule has 0 spiro atoms. The summed E-state index contributed by atoms with van der Waals surface area (Å²) in [5, 5.41) is 8.32. The molecule has 0 amide bonds. The van der Waals surface area contributed by atoms with Gasteiger partial charge in [0, 0.05) is 13.3 Å². The minimum absolute atomic E-state index is 0.454. The molecular weight excluding hydrogens is 250 g/mol. The summed E-state index contributed by atoms with van der Waals surface area (Å²) < 4.78 is 24.9. The van der Waals surface area contributed by atoms with E-state index in [-0.39, 0.29) is 0 Å². The summed E-state index contributed by atoms with van der Waals surface area (Å²) in [4.78, 5) is 4.31. The van der Waals surface area contributed by atoms with Crippen molar-refractivity contribution in [3.05, 3.63) is 29.6 Å². The highest BCUT2D eigenvalue weighted by Gasteiger charge is 2.23. The van der Waals surface area contributed by atoms with Crippen LogP contribution >= 0.6 is 0 Å². The maximum atomic E-state index is 11.6. The van der Waals surface area contributed by atoms with Gasteiger partial charge in [0.05, 0.1) is 11.1 Å². The second kappa shape index (κ2) is 4.10. The lowest BCUT2D eigenvalue weighted by atomic mass is 10.2. The predicted molar refractivity (Wildman–Crippen MR) is 68.7 cm³/mol. The molecule has 1 heterocycles. The summed E-state index contributed by atoms with van der Waals surface area (Å²) in [5.41, 5.74) is 1.77. The fourth-order valence-electron chi connectivity index (χ4n) is 1.88. The molecule has 0 N–H and O–H groups in total. The standard InChI is InChI=1S/C12H13N3O2S/c1-8(18(3,16)17)12-14-11-9(7-13)5-4-6-10(11)15(12)2/h4-6,8H,1-3H3. The highest BCUT2D eigenvalue weighted by molar-refractivity contribution is 7.90. The average Bonchev–Trinajstić information content (AvgIpc) is 2.65. The molecule has 2 rings (SSSR count). The number of hydrogen-bond donors (Lipinski definition) is 0. The van der Waals surface area contributed by atoms with Crippen LogP contribution in [-0.2, 0) is 16.9 Å². The fraction of sp³-hybridized carbons (Fsp3) is 0.333. The van der Waals surface area contributed by atoms with Crippen LogP contribution in [0.2, 0.25) is 0 Å². The van der Waals surface area contributed by atoms with Crippen molar-refractivity contribution in [1.82, 2.24) is 9.55 Å². The van der Waals surface area contributed by atoms with Gasteiger partial charge in [-0.25, -0.2) is 13.4 Å². The quantitative estimate of drug-likeness (QED) is 0.823. The zero-order chi connectivity index (χ0) is 13.5. The minimum atomic E-state index is -3.21. The van der Waals surface area contributed by atoms with Crippen LogP contribution in [0.1, 0.15) is 23.6 Å². The van der Waals surface area contributed by atoms with E-state index in [0.717, 1.165) is 5.52 Å². The van der Waals surface area contributed by atoms with Crippen LogP contribution < -0.4 is 0 Å². The van der Waals surface area contributed by atoms with Gasteiger partial charge in [0.25, 0.3) is 0 Å². The van der Waals surface area contributed by atoms with Crippen LogP contribution in [0.3, 0.4) is 0 Å². The van der Waals surface area contributed by atoms with Gasteiger partial charge in [-0.3, -0.25) is 0 Å². The molecule has 0 aliphatic rings. The van der Waals surface area contributed by atoms with Gasteiger partial charge in [-0.15, -0.1) is 0 Å². The minimum Gasteiger partial charge on any atom is -0.330 e. The molecule has 5 nitrogen and oxygen atoms in total. The van der Waals surface area contributed by atoms with E-state index >= 15 is 0 Å². The van der Waals surface area contributed by atoms with Crippen LogP contribution in [0.15, 0.2) is 18.2 Å². The molecule has 0 aliphatic carbocycles. The Morgan fingerprint density at radius 1 is 1.44 bits per heavy atom. The van der Waals surface area contributed by atoms with Crippen LogP contribution in [0.4, 0.5) is 0 Å². The smallest absolute Gasteiger partial charge is 0.157 e. The zero-order valence-corrected chi connectivity index (χ0v) is 11.2. The monoisotopic (exact) mass is 263 g/mol. The predicted octanol–water partition coefficient (Wildman–Crippen LogP) is 1.55. The van der Waals surface area contributed by atoms with Crippen molar-refractivity contribution >= 4 is 20.9 Å². The van der Waals surface area contributed by atoms with E-state index in [1.807, 2.05) is 6.07 Å². The molecule has 6 heteroatoms. The Bertz CT molecular complexity index is 753. The Morgan fingerprint density at radius 3 is 2.67 bits per heavy atom. The Kier molecular flexibility index (Phi) is 2.87. The maximum absolute atomic E-state index is 11.6. The molecule has 18 heavy (non-hydrogen) atoms. The number of para-hydroxylation sites is 1. The topological polar surface area (TPSA) is 75.8 Å². The van der Waals surface area contributed by atoms with Gasteiger partial charge in [0.2, 0.25) is 0 Å². The largest absolute Gasteiger partial charge is 0.330 e. The lowest BCUT2D eigenvalue weighted by Gasteiger charge is -2.08. The van der Waals surface area contributed by atoms with Gasteiger partial charge in [-0.2, -0.15) is 5.26 Å². The Hall–Kier alpha value is -1.87. The Labute approximate surface area is 106 Å². The molecule has 0 saturated heterocycles. The lowest BCUT2D eigenvalue weighted by Crippen LogP contribution is -2.12. The van der Waals surface area contributed by atoms with Gasteiger partial charge in [-0.1, -0.05) is 6.07 Å². The molecule has 0 bridgehead atoms. The molecule has 94 valence electrons. The highest BCUT2D eigenvalue weighted by atomic mass is 32.2. The van der Waals surface area contributed by atoms with Gasteiger partial charge in [-0.05, 0) is 19.1 Å². The normalized spacial score (nSPS) is 13.4. The molecule has 1 aromatic carbocycles. The number of imidazole rings is 1. The first-order valence-electron chi connectivity index (χ1n) is 5.40. The van der Waals surface area contributed by atoms with Gasteiger partial charge < -0.3 is 4.57 Å². The number of sulfone groups is 1. The molecule has 0 aliphatic heterocycles. The van der Waals surface area contributed by atoms with Crippen molar-refractivity contribution < 1.29 is 8.42 Å². The summed E-state index contributed by atoms with van der Waals surface area (Å²) in [5.74, 6) is 0.454. The fourth-order valence-corrected chi connectivity index (χ4v) is 2.47. The van der Waals surface area contributed by atoms with Crippen molar-refractivity contribution in [2.45, 2.75) is 12.2 Å². The Balaban J connectivity index is 2.77. The number of nitrogens with zero attached hydrogens (tertiary/aromatic N) is 3. The second-order valence-corrected chi connectivity index (χ2v) is 6.65. The van der Waals surface area contributed by atoms with Crippen molar-refractivity contribution in [3.63, 3.8) is 0 Å². The summed E-state index contributed by atoms with van der Waals surface area (Å²) in [6, 6.07) is 7.32. The van der Waals surface area contributed by atoms with Crippen molar-refractivity contribution in [3.8, 4) is 6.07 Å². The van der Waals surface area contributed by atoms with E-state index in [1.165, 1.54) is 6.26 Å². The zero-order valence-electron chi connectivity index (χ0n) is 10.4. The van der Waals surface area contributed by atoms with Crippen LogP contribution in [0.5, 0.6) is 0 Å². The highest BCUT2D eigenvalue weighted by Crippen LogP contribution is 2.25. The SMILES string of the molecule is CC(c1nc2c(C#N)cccc2n1C)S(C)(=O)=O. The number of aromatic nitrogens is 2. The molecule has 2 aromatic rings.